The Kier molecular flexibility index (Phi) is 4.21. The minimum absolute atomic E-state index is 0.170. The Morgan fingerprint density at radius 2 is 2.20 bits per heavy atom. The number of carbonyl (C=O) groups is 1. The average Bonchev–Trinajstić information content (AvgIpc) is 3.25. The molecule has 0 saturated carbocycles. The highest BCUT2D eigenvalue weighted by atomic mass is 16.2. The van der Waals surface area contributed by atoms with E-state index in [9.17, 15) is 4.79 Å². The zero-order valence-electron chi connectivity index (χ0n) is 14.3. The van der Waals surface area contributed by atoms with Crippen molar-refractivity contribution < 1.29 is 4.79 Å². The predicted octanol–water partition coefficient (Wildman–Crippen LogP) is 2.33. The molecule has 7 heteroatoms. The quantitative estimate of drug-likeness (QED) is 0.764. The first-order valence-corrected chi connectivity index (χ1v) is 8.79. The fourth-order valence-electron chi connectivity index (χ4n) is 3.47. The fourth-order valence-corrected chi connectivity index (χ4v) is 3.47. The van der Waals surface area contributed by atoms with Crippen molar-refractivity contribution in [2.45, 2.75) is 38.5 Å². The van der Waals surface area contributed by atoms with Gasteiger partial charge in [0.1, 0.15) is 11.6 Å². The summed E-state index contributed by atoms with van der Waals surface area (Å²) in [5, 5.41) is 6.91. The summed E-state index contributed by atoms with van der Waals surface area (Å²) in [6.45, 7) is 3.41. The van der Waals surface area contributed by atoms with Crippen LogP contribution >= 0.6 is 0 Å². The van der Waals surface area contributed by atoms with E-state index in [4.69, 9.17) is 4.98 Å². The van der Waals surface area contributed by atoms with E-state index in [0.29, 0.717) is 18.7 Å². The Morgan fingerprint density at radius 1 is 1.32 bits per heavy atom. The molecule has 0 radical (unpaired) electrons. The molecule has 3 aromatic rings. The van der Waals surface area contributed by atoms with Gasteiger partial charge < -0.3 is 9.88 Å². The number of H-pyrrole nitrogens is 2. The SMILES string of the molecule is Cc1nc(CCC(=O)N2CCC[C@@H](c3nc4ccccc4[nH]3)C2)n[nH]1. The molecule has 1 aromatic carbocycles. The van der Waals surface area contributed by atoms with Crippen LogP contribution in [-0.4, -0.2) is 49.0 Å². The Labute approximate surface area is 145 Å². The van der Waals surface area contributed by atoms with Gasteiger partial charge in [-0.1, -0.05) is 12.1 Å². The van der Waals surface area contributed by atoms with Crippen molar-refractivity contribution in [1.29, 1.82) is 0 Å². The molecule has 0 spiro atoms. The lowest BCUT2D eigenvalue weighted by atomic mass is 9.97. The molecule has 0 unspecified atom stereocenters. The molecule has 1 saturated heterocycles. The van der Waals surface area contributed by atoms with Crippen LogP contribution in [0.15, 0.2) is 24.3 Å². The van der Waals surface area contributed by atoms with Crippen LogP contribution in [0.5, 0.6) is 0 Å². The second-order valence-corrected chi connectivity index (χ2v) is 6.66. The smallest absolute Gasteiger partial charge is 0.223 e. The van der Waals surface area contributed by atoms with Crippen molar-refractivity contribution in [3.63, 3.8) is 0 Å². The van der Waals surface area contributed by atoms with Crippen LogP contribution in [0.1, 0.15) is 42.7 Å². The minimum atomic E-state index is 0.170. The van der Waals surface area contributed by atoms with E-state index >= 15 is 0 Å². The van der Waals surface area contributed by atoms with E-state index < -0.39 is 0 Å². The summed E-state index contributed by atoms with van der Waals surface area (Å²) >= 11 is 0. The largest absolute Gasteiger partial charge is 0.342 e. The van der Waals surface area contributed by atoms with Crippen molar-refractivity contribution in [2.24, 2.45) is 0 Å². The van der Waals surface area contributed by atoms with Crippen LogP contribution in [0.2, 0.25) is 0 Å². The van der Waals surface area contributed by atoms with Gasteiger partial charge in [-0.3, -0.25) is 9.89 Å². The summed E-state index contributed by atoms with van der Waals surface area (Å²) in [5.41, 5.74) is 2.04. The molecule has 3 heterocycles. The van der Waals surface area contributed by atoms with Gasteiger partial charge in [0.15, 0.2) is 5.82 Å². The van der Waals surface area contributed by atoms with Crippen LogP contribution in [-0.2, 0) is 11.2 Å². The number of aromatic amines is 2. The lowest BCUT2D eigenvalue weighted by Gasteiger charge is -2.31. The van der Waals surface area contributed by atoms with Gasteiger partial charge in [-0.15, -0.1) is 0 Å². The van der Waals surface area contributed by atoms with Gasteiger partial charge >= 0.3 is 0 Å². The summed E-state index contributed by atoms with van der Waals surface area (Å²) in [6, 6.07) is 8.05. The molecule has 1 aliphatic heterocycles. The zero-order chi connectivity index (χ0) is 17.2. The van der Waals surface area contributed by atoms with E-state index in [1.165, 1.54) is 0 Å². The molecule has 0 bridgehead atoms. The van der Waals surface area contributed by atoms with Crippen LogP contribution < -0.4 is 0 Å². The maximum atomic E-state index is 12.6. The molecule has 4 rings (SSSR count). The third-order valence-electron chi connectivity index (χ3n) is 4.77. The number of amides is 1. The number of carbonyl (C=O) groups excluding carboxylic acids is 1. The molecule has 7 nitrogen and oxygen atoms in total. The molecule has 2 N–H and O–H groups in total. The van der Waals surface area contributed by atoms with Crippen molar-refractivity contribution in [3.8, 4) is 0 Å². The van der Waals surface area contributed by atoms with Gasteiger partial charge in [0.2, 0.25) is 5.91 Å². The lowest BCUT2D eigenvalue weighted by molar-refractivity contribution is -0.132. The van der Waals surface area contributed by atoms with E-state index in [0.717, 1.165) is 48.6 Å². The standard InChI is InChI=1S/C18H22N6O/c1-12-19-16(23-22-12)8-9-17(25)24-10-4-5-13(11-24)18-20-14-6-2-3-7-15(14)21-18/h2-3,6-7,13H,4-5,8-11H2,1H3,(H,20,21)(H,19,22,23)/t13-/m1/s1. The van der Waals surface area contributed by atoms with E-state index in [1.807, 2.05) is 36.1 Å². The van der Waals surface area contributed by atoms with Gasteiger partial charge in [-0.2, -0.15) is 5.10 Å². The third kappa shape index (κ3) is 3.40. The Morgan fingerprint density at radius 3 is 3.00 bits per heavy atom. The number of nitrogens with one attached hydrogen (secondary N) is 2. The van der Waals surface area contributed by atoms with Gasteiger partial charge in [0, 0.05) is 31.8 Å². The second kappa shape index (κ2) is 6.66. The molecule has 25 heavy (non-hydrogen) atoms. The molecule has 2 aromatic heterocycles. The molecule has 1 amide bonds. The first-order chi connectivity index (χ1) is 12.2. The number of piperidine rings is 1. The molecule has 0 aliphatic carbocycles. The first-order valence-electron chi connectivity index (χ1n) is 8.79. The maximum Gasteiger partial charge on any atom is 0.223 e. The number of hydrogen-bond acceptors (Lipinski definition) is 4. The molecule has 1 aliphatic rings. The highest BCUT2D eigenvalue weighted by Gasteiger charge is 2.26. The van der Waals surface area contributed by atoms with E-state index in [1.54, 1.807) is 0 Å². The Balaban J connectivity index is 1.40. The molecule has 130 valence electrons. The number of aryl methyl sites for hydroxylation is 2. The normalized spacial score (nSPS) is 18.0. The van der Waals surface area contributed by atoms with E-state index in [-0.39, 0.29) is 11.8 Å². The van der Waals surface area contributed by atoms with Gasteiger partial charge in [0.25, 0.3) is 0 Å². The van der Waals surface area contributed by atoms with Crippen LogP contribution in [0.4, 0.5) is 0 Å². The van der Waals surface area contributed by atoms with Crippen LogP contribution in [0.3, 0.4) is 0 Å². The number of likely N-dealkylation sites (tertiary alicyclic amines) is 1. The highest BCUT2D eigenvalue weighted by molar-refractivity contribution is 5.77. The summed E-state index contributed by atoms with van der Waals surface area (Å²) in [6.07, 6.45) is 3.09. The van der Waals surface area contributed by atoms with E-state index in [2.05, 4.69) is 20.2 Å². The van der Waals surface area contributed by atoms with Gasteiger partial charge in [-0.05, 0) is 31.9 Å². The Hall–Kier alpha value is -2.70. The maximum absolute atomic E-state index is 12.6. The minimum Gasteiger partial charge on any atom is -0.342 e. The topological polar surface area (TPSA) is 90.6 Å². The van der Waals surface area contributed by atoms with Crippen molar-refractivity contribution in [2.75, 3.05) is 13.1 Å². The Bertz CT molecular complexity index is 849. The predicted molar refractivity (Wildman–Crippen MR) is 94.1 cm³/mol. The summed E-state index contributed by atoms with van der Waals surface area (Å²) in [4.78, 5) is 26.9. The van der Waals surface area contributed by atoms with Crippen LogP contribution in [0, 0.1) is 6.92 Å². The second-order valence-electron chi connectivity index (χ2n) is 6.66. The lowest BCUT2D eigenvalue weighted by Crippen LogP contribution is -2.39. The molecule has 1 atom stereocenters. The fraction of sp³-hybridized carbons (Fsp3) is 0.444. The number of para-hydroxylation sites is 2. The third-order valence-corrected chi connectivity index (χ3v) is 4.77. The number of aromatic nitrogens is 5. The first kappa shape index (κ1) is 15.8. The highest BCUT2D eigenvalue weighted by Crippen LogP contribution is 2.27. The number of benzene rings is 1. The zero-order valence-corrected chi connectivity index (χ0v) is 14.3. The number of nitrogens with zero attached hydrogens (tertiary/aromatic N) is 4. The summed E-state index contributed by atoms with van der Waals surface area (Å²) in [7, 11) is 0. The average molecular weight is 338 g/mol. The number of fused-ring (bicyclic) bond motifs is 1. The van der Waals surface area contributed by atoms with Crippen LogP contribution in [0.25, 0.3) is 11.0 Å². The summed E-state index contributed by atoms with van der Waals surface area (Å²) < 4.78 is 0. The van der Waals surface area contributed by atoms with Crippen molar-refractivity contribution in [1.82, 2.24) is 30.0 Å². The van der Waals surface area contributed by atoms with Gasteiger partial charge in [0.05, 0.1) is 11.0 Å². The molecule has 1 fully saturated rings. The van der Waals surface area contributed by atoms with Gasteiger partial charge in [-0.25, -0.2) is 9.97 Å². The van der Waals surface area contributed by atoms with Crippen molar-refractivity contribution >= 4 is 16.9 Å². The molecular formula is C18H22N6O. The monoisotopic (exact) mass is 338 g/mol. The van der Waals surface area contributed by atoms with Crippen molar-refractivity contribution in [3.05, 3.63) is 41.7 Å². The number of imidazole rings is 1. The molecular weight excluding hydrogens is 316 g/mol. The summed E-state index contributed by atoms with van der Waals surface area (Å²) in [5.74, 6) is 2.92. The number of hydrogen-bond donors (Lipinski definition) is 2. The number of rotatable bonds is 4.